The van der Waals surface area contributed by atoms with Gasteiger partial charge in [0.25, 0.3) is 6.01 Å². The van der Waals surface area contributed by atoms with Gasteiger partial charge in [-0.15, -0.1) is 0 Å². The van der Waals surface area contributed by atoms with Gasteiger partial charge in [0, 0.05) is 12.6 Å². The summed E-state index contributed by atoms with van der Waals surface area (Å²) in [7, 11) is -3.44. The zero-order valence-electron chi connectivity index (χ0n) is 17.5. The van der Waals surface area contributed by atoms with Crippen LogP contribution >= 0.6 is 0 Å². The first-order valence-corrected chi connectivity index (χ1v) is 12.1. The molecule has 0 saturated heterocycles. The molecule has 6 nitrogen and oxygen atoms in total. The van der Waals surface area contributed by atoms with E-state index in [9.17, 15) is 8.42 Å². The van der Waals surface area contributed by atoms with Crippen molar-refractivity contribution in [1.29, 1.82) is 0 Å². The first-order chi connectivity index (χ1) is 14.4. The maximum Gasteiger partial charge on any atom is 0.295 e. The van der Waals surface area contributed by atoms with E-state index in [2.05, 4.69) is 41.0 Å². The van der Waals surface area contributed by atoms with Crippen molar-refractivity contribution in [1.82, 2.24) is 9.71 Å². The molecule has 30 heavy (non-hydrogen) atoms. The number of rotatable bonds is 8. The van der Waals surface area contributed by atoms with E-state index in [0.717, 1.165) is 48.8 Å². The molecule has 1 aliphatic rings. The molecule has 0 aliphatic heterocycles. The highest BCUT2D eigenvalue weighted by molar-refractivity contribution is 7.89. The molecule has 0 atom stereocenters. The highest BCUT2D eigenvalue weighted by atomic mass is 32.2. The molecule has 0 bridgehead atoms. The first kappa shape index (κ1) is 20.9. The summed E-state index contributed by atoms with van der Waals surface area (Å²) in [5.41, 5.74) is 3.92. The molecule has 3 aromatic rings. The van der Waals surface area contributed by atoms with Gasteiger partial charge in [-0.1, -0.05) is 44.9 Å². The summed E-state index contributed by atoms with van der Waals surface area (Å²) in [6, 6.07) is 13.8. The van der Waals surface area contributed by atoms with Crippen LogP contribution in [-0.2, 0) is 16.4 Å². The van der Waals surface area contributed by atoms with E-state index in [-0.39, 0.29) is 6.04 Å². The van der Waals surface area contributed by atoms with Crippen LogP contribution < -0.4 is 10.0 Å². The van der Waals surface area contributed by atoms with Crippen LogP contribution in [0.15, 0.2) is 51.8 Å². The molecule has 1 saturated carbocycles. The number of nitrogens with zero attached hydrogens (tertiary/aromatic N) is 1. The van der Waals surface area contributed by atoms with E-state index in [1.807, 2.05) is 18.2 Å². The van der Waals surface area contributed by atoms with Gasteiger partial charge in [-0.25, -0.2) is 13.1 Å². The molecule has 2 aromatic carbocycles. The van der Waals surface area contributed by atoms with Crippen LogP contribution in [0.25, 0.3) is 11.1 Å². The Morgan fingerprint density at radius 1 is 1.10 bits per heavy atom. The van der Waals surface area contributed by atoms with Crippen molar-refractivity contribution in [3.8, 4) is 0 Å². The van der Waals surface area contributed by atoms with Crippen LogP contribution in [0.3, 0.4) is 0 Å². The summed E-state index contributed by atoms with van der Waals surface area (Å²) in [6.07, 6.45) is 4.79. The molecule has 1 heterocycles. The zero-order valence-corrected chi connectivity index (χ0v) is 18.3. The predicted molar refractivity (Wildman–Crippen MR) is 119 cm³/mol. The fraction of sp³-hybridized carbons (Fsp3) is 0.435. The monoisotopic (exact) mass is 427 g/mol. The van der Waals surface area contributed by atoms with Crippen LogP contribution in [0, 0.1) is 0 Å². The number of aromatic nitrogens is 1. The van der Waals surface area contributed by atoms with Gasteiger partial charge in [0.1, 0.15) is 5.52 Å². The maximum atomic E-state index is 12.5. The van der Waals surface area contributed by atoms with Crippen LogP contribution in [0.2, 0.25) is 0 Å². The molecule has 4 rings (SSSR count). The Hall–Kier alpha value is -2.38. The number of sulfonamides is 1. The number of nitrogens with one attached hydrogen (secondary N) is 2. The second-order valence-electron chi connectivity index (χ2n) is 8.32. The second-order valence-corrected chi connectivity index (χ2v) is 10.0. The summed E-state index contributed by atoms with van der Waals surface area (Å²) in [6.45, 7) is 4.96. The minimum Gasteiger partial charge on any atom is -0.424 e. The van der Waals surface area contributed by atoms with Crippen molar-refractivity contribution in [3.63, 3.8) is 0 Å². The standard InChI is InChI=1S/C23H29N3O3S/c1-16(2)18-9-12-22-21(15-18)25-23(29-22)24-14-13-17-7-10-20(11-8-17)30(27,28)26-19-5-3-4-6-19/h7-12,15-16,19,26H,3-6,13-14H2,1-2H3,(H,24,25). The molecule has 1 aliphatic carbocycles. The average Bonchev–Trinajstić information content (AvgIpc) is 3.36. The topological polar surface area (TPSA) is 84.2 Å². The Bertz CT molecular complexity index is 1100. The molecule has 2 N–H and O–H groups in total. The fourth-order valence-corrected chi connectivity index (χ4v) is 5.16. The van der Waals surface area contributed by atoms with Gasteiger partial charge in [0.15, 0.2) is 5.58 Å². The lowest BCUT2D eigenvalue weighted by atomic mass is 10.0. The van der Waals surface area contributed by atoms with Crippen LogP contribution in [0.4, 0.5) is 6.01 Å². The van der Waals surface area contributed by atoms with Crippen molar-refractivity contribution in [2.45, 2.75) is 62.8 Å². The molecule has 7 heteroatoms. The van der Waals surface area contributed by atoms with Crippen LogP contribution in [0.1, 0.15) is 56.6 Å². The van der Waals surface area contributed by atoms with Gasteiger partial charge in [0.2, 0.25) is 10.0 Å². The van der Waals surface area contributed by atoms with Gasteiger partial charge in [-0.3, -0.25) is 0 Å². The highest BCUT2D eigenvalue weighted by Crippen LogP contribution is 2.24. The minimum atomic E-state index is -3.44. The smallest absolute Gasteiger partial charge is 0.295 e. The van der Waals surface area contributed by atoms with E-state index < -0.39 is 10.0 Å². The largest absolute Gasteiger partial charge is 0.424 e. The Morgan fingerprint density at radius 2 is 1.83 bits per heavy atom. The van der Waals surface area contributed by atoms with Crippen LogP contribution in [-0.4, -0.2) is 26.0 Å². The summed E-state index contributed by atoms with van der Waals surface area (Å²) in [4.78, 5) is 4.84. The Labute approximate surface area is 178 Å². The average molecular weight is 428 g/mol. The second kappa shape index (κ2) is 8.78. The number of fused-ring (bicyclic) bond motifs is 1. The molecule has 0 radical (unpaired) electrons. The van der Waals surface area contributed by atoms with Gasteiger partial charge in [-0.05, 0) is 60.6 Å². The highest BCUT2D eigenvalue weighted by Gasteiger charge is 2.22. The van der Waals surface area contributed by atoms with Gasteiger partial charge in [-0.2, -0.15) is 4.98 Å². The molecular formula is C23H29N3O3S. The molecule has 0 spiro atoms. The summed E-state index contributed by atoms with van der Waals surface area (Å²) in [5, 5.41) is 3.22. The molecule has 1 aromatic heterocycles. The normalized spacial score (nSPS) is 15.3. The fourth-order valence-electron chi connectivity index (χ4n) is 3.86. The van der Waals surface area contributed by atoms with Crippen molar-refractivity contribution < 1.29 is 12.8 Å². The number of oxazole rings is 1. The maximum absolute atomic E-state index is 12.5. The number of benzene rings is 2. The lowest BCUT2D eigenvalue weighted by molar-refractivity contribution is 0.552. The van der Waals surface area contributed by atoms with Gasteiger partial charge in [0.05, 0.1) is 4.90 Å². The van der Waals surface area contributed by atoms with Gasteiger partial charge >= 0.3 is 0 Å². The Morgan fingerprint density at radius 3 is 2.53 bits per heavy atom. The third kappa shape index (κ3) is 4.84. The molecule has 160 valence electrons. The number of hydrogen-bond donors (Lipinski definition) is 2. The Kier molecular flexibility index (Phi) is 6.11. The molecule has 0 amide bonds. The van der Waals surface area contributed by atoms with Gasteiger partial charge < -0.3 is 9.73 Å². The van der Waals surface area contributed by atoms with E-state index in [1.165, 1.54) is 5.56 Å². The molecule has 1 fully saturated rings. The Balaban J connectivity index is 1.33. The van der Waals surface area contributed by atoms with E-state index >= 15 is 0 Å². The van der Waals surface area contributed by atoms with Crippen molar-refractivity contribution in [2.24, 2.45) is 0 Å². The van der Waals surface area contributed by atoms with E-state index in [0.29, 0.717) is 23.4 Å². The summed E-state index contributed by atoms with van der Waals surface area (Å²) >= 11 is 0. The van der Waals surface area contributed by atoms with E-state index in [4.69, 9.17) is 4.42 Å². The van der Waals surface area contributed by atoms with Crippen molar-refractivity contribution in [2.75, 3.05) is 11.9 Å². The van der Waals surface area contributed by atoms with E-state index in [1.54, 1.807) is 12.1 Å². The third-order valence-electron chi connectivity index (χ3n) is 5.68. The van der Waals surface area contributed by atoms with Crippen LogP contribution in [0.5, 0.6) is 0 Å². The third-order valence-corrected chi connectivity index (χ3v) is 7.22. The van der Waals surface area contributed by atoms with Crippen molar-refractivity contribution >= 4 is 27.1 Å². The van der Waals surface area contributed by atoms with Crippen molar-refractivity contribution in [3.05, 3.63) is 53.6 Å². The zero-order chi connectivity index (χ0) is 21.1. The quantitative estimate of drug-likeness (QED) is 0.538. The first-order valence-electron chi connectivity index (χ1n) is 10.7. The predicted octanol–water partition coefficient (Wildman–Crippen LogP) is 4.83. The summed E-state index contributed by atoms with van der Waals surface area (Å²) < 4.78 is 33.6. The number of hydrogen-bond acceptors (Lipinski definition) is 5. The SMILES string of the molecule is CC(C)c1ccc2oc(NCCc3ccc(S(=O)(=O)NC4CCCC4)cc3)nc2c1. The summed E-state index contributed by atoms with van der Waals surface area (Å²) in [5.74, 6) is 0.447. The lowest BCUT2D eigenvalue weighted by Crippen LogP contribution is -2.32. The molecule has 0 unspecified atom stereocenters. The molecular weight excluding hydrogens is 398 g/mol. The lowest BCUT2D eigenvalue weighted by Gasteiger charge is -2.12. The number of anilines is 1. The minimum absolute atomic E-state index is 0.0757.